The summed E-state index contributed by atoms with van der Waals surface area (Å²) < 4.78 is 32.4. The summed E-state index contributed by atoms with van der Waals surface area (Å²) in [5.41, 5.74) is -1.17. The van der Waals surface area contributed by atoms with Crippen molar-refractivity contribution in [2.45, 2.75) is 141 Å². The van der Waals surface area contributed by atoms with E-state index in [1.54, 1.807) is 25.1 Å². The van der Waals surface area contributed by atoms with Crippen LogP contribution in [0.1, 0.15) is 86.8 Å². The summed E-state index contributed by atoms with van der Waals surface area (Å²) >= 11 is 0. The van der Waals surface area contributed by atoms with E-state index in [0.717, 1.165) is 10.4 Å². The zero-order chi connectivity index (χ0) is 39.9. The normalized spacial score (nSPS) is 40.1. The van der Waals surface area contributed by atoms with E-state index in [9.17, 15) is 24.7 Å². The fourth-order valence-corrected chi connectivity index (χ4v) is 9.47. The van der Waals surface area contributed by atoms with E-state index >= 15 is 0 Å². The van der Waals surface area contributed by atoms with Gasteiger partial charge in [0, 0.05) is 43.4 Å². The van der Waals surface area contributed by atoms with Crippen molar-refractivity contribution in [1.29, 1.82) is 0 Å². The van der Waals surface area contributed by atoms with Crippen molar-refractivity contribution in [1.82, 2.24) is 25.1 Å². The minimum Gasteiger partial charge on any atom is -0.623 e. The van der Waals surface area contributed by atoms with Gasteiger partial charge in [0.05, 0.1) is 23.7 Å². The van der Waals surface area contributed by atoms with Gasteiger partial charge in [0.2, 0.25) is 6.67 Å². The molecule has 4 aliphatic heterocycles. The number of hydrazine groups is 1. The lowest BCUT2D eigenvalue weighted by Crippen LogP contribution is -2.61. The van der Waals surface area contributed by atoms with Gasteiger partial charge in [0.15, 0.2) is 23.4 Å². The van der Waals surface area contributed by atoms with Crippen molar-refractivity contribution in [3.63, 3.8) is 0 Å². The molecule has 0 aliphatic carbocycles. The van der Waals surface area contributed by atoms with Crippen molar-refractivity contribution >= 4 is 23.6 Å². The Balaban J connectivity index is 1.60. The van der Waals surface area contributed by atoms with Crippen molar-refractivity contribution in [2.75, 3.05) is 34.4 Å². The fourth-order valence-electron chi connectivity index (χ4n) is 9.47. The maximum absolute atomic E-state index is 14.5. The number of hydrogen-bond acceptors (Lipinski definition) is 13. The molecule has 5 heterocycles. The molecule has 5 rings (SSSR count). The number of cyclic esters (lactones) is 1. The number of ether oxygens (including phenoxy) is 5. The molecule has 3 fully saturated rings. The van der Waals surface area contributed by atoms with Gasteiger partial charge in [0.1, 0.15) is 24.2 Å². The molecule has 2 bridgehead atoms. The van der Waals surface area contributed by atoms with Crippen molar-refractivity contribution in [3.8, 4) is 0 Å². The molecule has 0 spiro atoms. The van der Waals surface area contributed by atoms with Gasteiger partial charge in [-0.15, -0.1) is 0 Å². The number of hydrogen-bond donors (Lipinski definition) is 2. The average Bonchev–Trinajstić information content (AvgIpc) is 3.70. The van der Waals surface area contributed by atoms with Gasteiger partial charge in [0.25, 0.3) is 0 Å². The number of amides is 1. The second-order valence-electron chi connectivity index (χ2n) is 16.5. The predicted octanol–water partition coefficient (Wildman–Crippen LogP) is 3.12. The topological polar surface area (TPSA) is 182 Å². The zero-order valence-corrected chi connectivity index (χ0v) is 33.8. The van der Waals surface area contributed by atoms with Crippen LogP contribution in [0.5, 0.6) is 0 Å². The van der Waals surface area contributed by atoms with Crippen LogP contribution in [0.3, 0.4) is 0 Å². The summed E-state index contributed by atoms with van der Waals surface area (Å²) in [6, 6.07) is 0.867. The Kier molecular flexibility index (Phi) is 12.9. The second kappa shape index (κ2) is 16.5. The molecular weight excluding hydrogens is 700 g/mol. The predicted molar refractivity (Wildman–Crippen MR) is 197 cm³/mol. The molecule has 0 saturated carbocycles. The highest BCUT2D eigenvalue weighted by Gasteiger charge is 2.63. The van der Waals surface area contributed by atoms with E-state index in [1.165, 1.54) is 19.0 Å². The van der Waals surface area contributed by atoms with Crippen LogP contribution in [0.15, 0.2) is 12.3 Å². The number of methoxy groups -OCH3 is 1. The number of nitrogens with zero attached hydrogens (tertiary/aromatic N) is 5. The van der Waals surface area contributed by atoms with Crippen LogP contribution in [-0.4, -0.2) is 147 Å². The Bertz CT molecular complexity index is 1530. The largest absolute Gasteiger partial charge is 0.623 e. The Hall–Kier alpha value is -3.15. The van der Waals surface area contributed by atoms with Gasteiger partial charge in [-0.05, 0) is 80.0 Å². The standard InChI is InChI=1S/C38H62N6O10/c1-12-28-38(8)32-23(4)29(43(49)20-42(44(32)36(48)54-38)17-13-14-26-15-16-39-40-26)21(2)19-37(7,50-11)33(24(5)30(45)25(6)34(47)52-28)53-35-31(46)27(41(9)10)18-22(3)51-35/h15-16,21-25,27-28,31-33,35,46H,12-14,17-20H2,1-11H3,(H,39,40)/t21-,22-,23+,24+,25-,27+,28-,31-,32-,33-,35+,37+,38-/m1/s1. The Labute approximate surface area is 319 Å². The fraction of sp³-hybridized carbons (Fsp3) is 0.816. The highest BCUT2D eigenvalue weighted by Crippen LogP contribution is 2.44. The lowest BCUT2D eigenvalue weighted by Gasteiger charge is -2.47. The number of aryl methyl sites for hydroxylation is 1. The van der Waals surface area contributed by atoms with E-state index in [0.29, 0.717) is 31.5 Å². The molecule has 304 valence electrons. The molecule has 13 atom stereocenters. The molecule has 0 unspecified atom stereocenters. The smallest absolute Gasteiger partial charge is 0.425 e. The summed E-state index contributed by atoms with van der Waals surface area (Å²) in [5.74, 6) is -4.39. The molecule has 16 nitrogen and oxygen atoms in total. The summed E-state index contributed by atoms with van der Waals surface area (Å²) in [5, 5.41) is 36.2. The number of aromatic nitrogens is 2. The number of aliphatic hydroxyl groups excluding tert-OH is 1. The van der Waals surface area contributed by atoms with Crippen LogP contribution in [-0.2, 0) is 39.7 Å². The van der Waals surface area contributed by atoms with Crippen LogP contribution in [0.25, 0.3) is 0 Å². The molecule has 16 heteroatoms. The van der Waals surface area contributed by atoms with Crippen LogP contribution >= 0.6 is 0 Å². The number of ketones is 1. The number of carbonyl (C=O) groups is 3. The van der Waals surface area contributed by atoms with Gasteiger partial charge in [-0.25, -0.2) is 9.80 Å². The number of nitrogens with one attached hydrogen (secondary N) is 1. The maximum Gasteiger partial charge on any atom is 0.425 e. The quantitative estimate of drug-likeness (QED) is 0.162. The number of H-pyrrole nitrogens is 1. The summed E-state index contributed by atoms with van der Waals surface area (Å²) in [4.78, 5) is 44.2. The number of carbonyl (C=O) groups excluding carboxylic acids is 3. The number of esters is 1. The Morgan fingerprint density at radius 2 is 1.85 bits per heavy atom. The molecule has 2 N–H and O–H groups in total. The van der Waals surface area contributed by atoms with Gasteiger partial charge in [-0.1, -0.05) is 27.7 Å². The molecular formula is C38H62N6O10. The highest BCUT2D eigenvalue weighted by molar-refractivity contribution is 6.00. The monoisotopic (exact) mass is 762 g/mol. The number of hydroxylamine groups is 1. The zero-order valence-electron chi connectivity index (χ0n) is 33.8. The third-order valence-corrected chi connectivity index (χ3v) is 12.4. The minimum absolute atomic E-state index is 0.146. The number of Topliss-reactive ketones (excluding diaryl/α,β-unsaturated/α-hetero) is 1. The first kappa shape index (κ1) is 42.0. The van der Waals surface area contributed by atoms with E-state index in [2.05, 4.69) is 10.2 Å². The number of likely N-dealkylation sites (N-methyl/N-ethyl adjacent to an activating group) is 1. The Morgan fingerprint density at radius 1 is 1.15 bits per heavy atom. The van der Waals surface area contributed by atoms with E-state index < -0.39 is 83.4 Å². The highest BCUT2D eigenvalue weighted by atomic mass is 16.7. The molecule has 54 heavy (non-hydrogen) atoms. The van der Waals surface area contributed by atoms with Crippen LogP contribution in [0, 0.1) is 28.9 Å². The molecule has 1 aromatic rings. The first-order chi connectivity index (χ1) is 25.4. The maximum atomic E-state index is 14.5. The molecule has 4 aliphatic rings. The number of fused-ring (bicyclic) bond motifs is 1. The molecule has 1 aromatic heterocycles. The summed E-state index contributed by atoms with van der Waals surface area (Å²) in [6.07, 6.45) is -1.01. The third kappa shape index (κ3) is 7.92. The van der Waals surface area contributed by atoms with Crippen LogP contribution in [0.4, 0.5) is 4.79 Å². The number of rotatable bonds is 9. The van der Waals surface area contributed by atoms with Gasteiger partial charge in [-0.3, -0.25) is 14.7 Å². The average molecular weight is 763 g/mol. The third-order valence-electron chi connectivity index (χ3n) is 12.4. The summed E-state index contributed by atoms with van der Waals surface area (Å²) in [7, 11) is 5.28. The first-order valence-electron chi connectivity index (χ1n) is 19.4. The SMILES string of the molecule is CC[C@H]1OC(=O)[C@H](C)C(=O)[C@H](C)[C@@H](O[C@@H]2O[C@H](C)C[C@H](N(C)C)[C@H]2O)[C@@](C)(OC)C[C@@H](C)C2=[N+]([O-])CN(CCCc3ccn[nH]3)N3C(=O)O[C@@]1(C)[C@H]3[C@H]2C. The number of aliphatic hydroxyl groups is 1. The second-order valence-corrected chi connectivity index (χ2v) is 16.5. The van der Waals surface area contributed by atoms with Crippen molar-refractivity contribution in [2.24, 2.45) is 23.7 Å². The van der Waals surface area contributed by atoms with Crippen LogP contribution < -0.4 is 0 Å². The minimum atomic E-state index is -1.37. The van der Waals surface area contributed by atoms with Gasteiger partial charge >= 0.3 is 12.1 Å². The molecule has 0 aromatic carbocycles. The molecule has 0 radical (unpaired) electrons. The molecule has 1 amide bonds. The van der Waals surface area contributed by atoms with Crippen molar-refractivity contribution < 1.29 is 47.9 Å². The number of aromatic amines is 1. The Morgan fingerprint density at radius 3 is 2.46 bits per heavy atom. The first-order valence-corrected chi connectivity index (χ1v) is 19.4. The lowest BCUT2D eigenvalue weighted by atomic mass is 9.73. The van der Waals surface area contributed by atoms with Crippen molar-refractivity contribution in [3.05, 3.63) is 23.2 Å². The van der Waals surface area contributed by atoms with E-state index in [4.69, 9.17) is 23.7 Å². The van der Waals surface area contributed by atoms with E-state index in [-0.39, 0.29) is 31.7 Å². The van der Waals surface area contributed by atoms with E-state index in [1.807, 2.05) is 59.7 Å². The van der Waals surface area contributed by atoms with Gasteiger partial charge < -0.3 is 38.9 Å². The summed E-state index contributed by atoms with van der Waals surface area (Å²) in [6.45, 7) is 14.6. The van der Waals surface area contributed by atoms with Gasteiger partial charge in [-0.2, -0.15) is 14.8 Å². The molecule has 3 saturated heterocycles. The van der Waals surface area contributed by atoms with Crippen LogP contribution in [0.2, 0.25) is 0 Å². The lowest BCUT2D eigenvalue weighted by molar-refractivity contribution is -0.494.